The summed E-state index contributed by atoms with van der Waals surface area (Å²) in [7, 11) is 1.81. The summed E-state index contributed by atoms with van der Waals surface area (Å²) in [5.41, 5.74) is 2.48. The minimum absolute atomic E-state index is 0.428. The van der Waals surface area contributed by atoms with Crippen LogP contribution in [0.2, 0.25) is 0 Å². The summed E-state index contributed by atoms with van der Waals surface area (Å²) < 4.78 is 5.39. The van der Waals surface area contributed by atoms with E-state index in [1.165, 1.54) is 11.3 Å². The third-order valence-electron chi connectivity index (χ3n) is 3.86. The van der Waals surface area contributed by atoms with Crippen LogP contribution in [0.5, 0.6) is 0 Å². The predicted molar refractivity (Wildman–Crippen MR) is 85.5 cm³/mol. The number of hydrogen-bond acceptors (Lipinski definition) is 5. The summed E-state index contributed by atoms with van der Waals surface area (Å²) in [6.45, 7) is 4.12. The number of thioether (sulfide) groups is 1. The van der Waals surface area contributed by atoms with E-state index in [0.717, 1.165) is 43.5 Å². The van der Waals surface area contributed by atoms with Crippen LogP contribution in [-0.4, -0.2) is 48.7 Å². The number of rotatable bonds is 4. The molecule has 0 bridgehead atoms. The first-order chi connectivity index (χ1) is 9.85. The number of anilines is 1. The van der Waals surface area contributed by atoms with E-state index in [-0.39, 0.29) is 0 Å². The summed E-state index contributed by atoms with van der Waals surface area (Å²) in [5.74, 6) is 1.07. The van der Waals surface area contributed by atoms with Gasteiger partial charge >= 0.3 is 0 Å². The van der Waals surface area contributed by atoms with Crippen LogP contribution in [0, 0.1) is 0 Å². The molecule has 0 aromatic heterocycles. The number of ether oxygens (including phenoxy) is 1. The molecule has 1 N–H and O–H groups in total. The molecule has 2 heterocycles. The second-order valence-electron chi connectivity index (χ2n) is 5.20. The molecule has 1 unspecified atom stereocenters. The molecule has 4 nitrogen and oxygen atoms in total. The van der Waals surface area contributed by atoms with Crippen LogP contribution < -0.4 is 5.32 Å². The highest BCUT2D eigenvalue weighted by molar-refractivity contribution is 8.14. The molecule has 0 aliphatic carbocycles. The van der Waals surface area contributed by atoms with Gasteiger partial charge in [0.05, 0.1) is 12.6 Å². The Labute approximate surface area is 124 Å². The number of amidine groups is 1. The average Bonchev–Trinajstić information content (AvgIpc) is 2.95. The monoisotopic (exact) mass is 291 g/mol. The Morgan fingerprint density at radius 2 is 2.35 bits per heavy atom. The lowest BCUT2D eigenvalue weighted by Gasteiger charge is -2.19. The van der Waals surface area contributed by atoms with E-state index in [1.54, 1.807) is 7.11 Å². The standard InChI is InChI=1S/C15H21N3OS/c1-19-13-6-7-18(11-13)8-9-20-15-16-10-12-4-2-3-5-14(12)17-15/h2-5,13H,6-11H2,1H3,(H,16,17). The Bertz CT molecular complexity index is 492. The van der Waals surface area contributed by atoms with E-state index < -0.39 is 0 Å². The normalized spacial score (nSPS) is 22.2. The van der Waals surface area contributed by atoms with Gasteiger partial charge in [-0.2, -0.15) is 0 Å². The summed E-state index contributed by atoms with van der Waals surface area (Å²) in [5, 5.41) is 4.46. The maximum Gasteiger partial charge on any atom is 0.161 e. The summed E-state index contributed by atoms with van der Waals surface area (Å²) in [6.07, 6.45) is 1.59. The first-order valence-corrected chi connectivity index (χ1v) is 8.11. The Hall–Kier alpha value is -1.04. The van der Waals surface area contributed by atoms with E-state index in [0.29, 0.717) is 6.10 Å². The van der Waals surface area contributed by atoms with Gasteiger partial charge in [-0.1, -0.05) is 30.0 Å². The molecule has 1 aromatic carbocycles. The Morgan fingerprint density at radius 3 is 3.20 bits per heavy atom. The topological polar surface area (TPSA) is 36.9 Å². The van der Waals surface area contributed by atoms with Crippen molar-refractivity contribution in [1.29, 1.82) is 0 Å². The van der Waals surface area contributed by atoms with Crippen molar-refractivity contribution in [1.82, 2.24) is 4.90 Å². The van der Waals surface area contributed by atoms with E-state index in [4.69, 9.17) is 4.74 Å². The fourth-order valence-corrected chi connectivity index (χ4v) is 3.52. The maximum atomic E-state index is 5.39. The van der Waals surface area contributed by atoms with Gasteiger partial charge in [0.15, 0.2) is 5.17 Å². The van der Waals surface area contributed by atoms with E-state index in [2.05, 4.69) is 39.5 Å². The van der Waals surface area contributed by atoms with E-state index in [1.807, 2.05) is 11.8 Å². The molecule has 1 saturated heterocycles. The van der Waals surface area contributed by atoms with Gasteiger partial charge < -0.3 is 10.1 Å². The van der Waals surface area contributed by atoms with Crippen LogP contribution >= 0.6 is 11.8 Å². The fourth-order valence-electron chi connectivity index (χ4n) is 2.64. The minimum Gasteiger partial charge on any atom is -0.380 e. The zero-order valence-electron chi connectivity index (χ0n) is 11.8. The van der Waals surface area contributed by atoms with Crippen molar-refractivity contribution < 1.29 is 4.74 Å². The average molecular weight is 291 g/mol. The lowest BCUT2D eigenvalue weighted by molar-refractivity contribution is 0.109. The zero-order chi connectivity index (χ0) is 13.8. The zero-order valence-corrected chi connectivity index (χ0v) is 12.7. The van der Waals surface area contributed by atoms with Gasteiger partial charge in [0, 0.05) is 38.2 Å². The predicted octanol–water partition coefficient (Wildman–Crippen LogP) is 2.42. The van der Waals surface area contributed by atoms with Crippen LogP contribution in [0.25, 0.3) is 0 Å². The molecule has 1 aromatic rings. The van der Waals surface area contributed by atoms with Crippen molar-refractivity contribution in [3.8, 4) is 0 Å². The number of fused-ring (bicyclic) bond motifs is 1. The molecule has 0 saturated carbocycles. The molecule has 0 spiro atoms. The quantitative estimate of drug-likeness (QED) is 0.924. The number of likely N-dealkylation sites (tertiary alicyclic amines) is 1. The van der Waals surface area contributed by atoms with Crippen molar-refractivity contribution in [2.24, 2.45) is 4.99 Å². The van der Waals surface area contributed by atoms with Crippen molar-refractivity contribution >= 4 is 22.6 Å². The number of aliphatic imine (C=N–C) groups is 1. The molecule has 108 valence electrons. The van der Waals surface area contributed by atoms with Gasteiger partial charge in [-0.15, -0.1) is 0 Å². The van der Waals surface area contributed by atoms with Crippen molar-refractivity contribution in [3.63, 3.8) is 0 Å². The van der Waals surface area contributed by atoms with Crippen LogP contribution in [0.15, 0.2) is 29.3 Å². The smallest absolute Gasteiger partial charge is 0.161 e. The second kappa shape index (κ2) is 6.61. The highest BCUT2D eigenvalue weighted by Gasteiger charge is 2.21. The molecule has 0 radical (unpaired) electrons. The molecule has 1 fully saturated rings. The lowest BCUT2D eigenvalue weighted by Crippen LogP contribution is -2.26. The lowest BCUT2D eigenvalue weighted by atomic mass is 10.1. The van der Waals surface area contributed by atoms with Gasteiger partial charge in [-0.3, -0.25) is 9.89 Å². The van der Waals surface area contributed by atoms with Crippen molar-refractivity contribution in [3.05, 3.63) is 29.8 Å². The molecule has 0 amide bonds. The van der Waals surface area contributed by atoms with Crippen LogP contribution in [-0.2, 0) is 11.3 Å². The van der Waals surface area contributed by atoms with E-state index >= 15 is 0 Å². The Kier molecular flexibility index (Phi) is 4.60. The summed E-state index contributed by atoms with van der Waals surface area (Å²) in [6, 6.07) is 8.37. The molecule has 3 rings (SSSR count). The molecular weight excluding hydrogens is 270 g/mol. The minimum atomic E-state index is 0.428. The van der Waals surface area contributed by atoms with Gasteiger partial charge in [0.2, 0.25) is 0 Å². The van der Waals surface area contributed by atoms with E-state index in [9.17, 15) is 0 Å². The number of nitrogens with zero attached hydrogens (tertiary/aromatic N) is 2. The van der Waals surface area contributed by atoms with Crippen molar-refractivity contribution in [2.45, 2.75) is 19.1 Å². The Morgan fingerprint density at radius 1 is 1.45 bits per heavy atom. The van der Waals surface area contributed by atoms with Crippen LogP contribution in [0.1, 0.15) is 12.0 Å². The molecule has 2 aliphatic heterocycles. The molecule has 20 heavy (non-hydrogen) atoms. The van der Waals surface area contributed by atoms with Gasteiger partial charge in [0.25, 0.3) is 0 Å². The first kappa shape index (κ1) is 13.9. The largest absolute Gasteiger partial charge is 0.380 e. The number of nitrogens with one attached hydrogen (secondary N) is 1. The molecule has 5 heteroatoms. The summed E-state index contributed by atoms with van der Waals surface area (Å²) in [4.78, 5) is 7.06. The van der Waals surface area contributed by atoms with Gasteiger partial charge in [0.1, 0.15) is 0 Å². The first-order valence-electron chi connectivity index (χ1n) is 7.12. The van der Waals surface area contributed by atoms with Crippen LogP contribution in [0.4, 0.5) is 5.69 Å². The summed E-state index contributed by atoms with van der Waals surface area (Å²) >= 11 is 1.81. The third kappa shape index (κ3) is 3.34. The number of para-hydroxylation sites is 1. The highest BCUT2D eigenvalue weighted by Crippen LogP contribution is 2.23. The second-order valence-corrected chi connectivity index (χ2v) is 6.28. The molecule has 2 aliphatic rings. The van der Waals surface area contributed by atoms with Gasteiger partial charge in [-0.25, -0.2) is 0 Å². The SMILES string of the molecule is COC1CCN(CCSC2=NCc3ccccc3N2)C1. The maximum absolute atomic E-state index is 5.39. The number of hydrogen-bond donors (Lipinski definition) is 1. The number of methoxy groups -OCH3 is 1. The molecule has 1 atom stereocenters. The van der Waals surface area contributed by atoms with Crippen molar-refractivity contribution in [2.75, 3.05) is 37.8 Å². The third-order valence-corrected chi connectivity index (χ3v) is 4.75. The van der Waals surface area contributed by atoms with Crippen LogP contribution in [0.3, 0.4) is 0 Å². The number of benzene rings is 1. The fraction of sp³-hybridized carbons (Fsp3) is 0.533. The van der Waals surface area contributed by atoms with Gasteiger partial charge in [-0.05, 0) is 18.1 Å². The highest BCUT2D eigenvalue weighted by atomic mass is 32.2. The Balaban J connectivity index is 1.43. The molecular formula is C15H21N3OS.